The van der Waals surface area contributed by atoms with Crippen LogP contribution in [0.3, 0.4) is 0 Å². The molecular weight excluding hydrogens is 386 g/mol. The number of nitrogens with zero attached hydrogens (tertiary/aromatic N) is 2. The smallest absolute Gasteiger partial charge is 0.360 e. The summed E-state index contributed by atoms with van der Waals surface area (Å²) < 4.78 is 11.4. The number of fused-ring (bicyclic) bond motifs is 1. The number of aromatic nitrogens is 2. The van der Waals surface area contributed by atoms with Crippen LogP contribution in [0.15, 0.2) is 80.7 Å². The standard InChI is InChI=1S/C22H17N3O5/c1-29-16-7-4-6-14(11-16)17-9-10-21(27)25(24-17)13-20(26)23-18-12-15-5-2-3-8-19(15)30-22(18)28/h2-12H,13H2,1H3,(H,23,26). The minimum atomic E-state index is -0.674. The lowest BCUT2D eigenvalue weighted by Crippen LogP contribution is -2.30. The maximum absolute atomic E-state index is 12.5. The highest BCUT2D eigenvalue weighted by Gasteiger charge is 2.12. The molecule has 0 saturated heterocycles. The molecule has 2 heterocycles. The number of hydrogen-bond donors (Lipinski definition) is 1. The second kappa shape index (κ2) is 8.04. The van der Waals surface area contributed by atoms with Gasteiger partial charge in [-0.3, -0.25) is 9.59 Å². The average molecular weight is 403 g/mol. The van der Waals surface area contributed by atoms with Crippen LogP contribution in [0.5, 0.6) is 5.75 Å². The number of benzene rings is 2. The molecule has 0 bridgehead atoms. The van der Waals surface area contributed by atoms with Gasteiger partial charge in [0.1, 0.15) is 23.6 Å². The largest absolute Gasteiger partial charge is 0.497 e. The second-order valence-electron chi connectivity index (χ2n) is 6.48. The number of carbonyl (C=O) groups excluding carboxylic acids is 1. The van der Waals surface area contributed by atoms with E-state index in [1.807, 2.05) is 6.07 Å². The zero-order valence-corrected chi connectivity index (χ0v) is 16.0. The van der Waals surface area contributed by atoms with E-state index in [2.05, 4.69) is 10.4 Å². The minimum Gasteiger partial charge on any atom is -0.497 e. The van der Waals surface area contributed by atoms with Crippen molar-refractivity contribution in [2.24, 2.45) is 0 Å². The Morgan fingerprint density at radius 2 is 1.90 bits per heavy atom. The fourth-order valence-electron chi connectivity index (χ4n) is 2.97. The van der Waals surface area contributed by atoms with Crippen molar-refractivity contribution in [1.29, 1.82) is 0 Å². The molecule has 8 heteroatoms. The average Bonchev–Trinajstić information content (AvgIpc) is 2.76. The first-order valence-electron chi connectivity index (χ1n) is 9.09. The summed E-state index contributed by atoms with van der Waals surface area (Å²) in [5.74, 6) is 0.0720. The number of methoxy groups -OCH3 is 1. The van der Waals surface area contributed by atoms with Crippen molar-refractivity contribution in [2.75, 3.05) is 12.4 Å². The molecule has 1 amide bonds. The van der Waals surface area contributed by atoms with Crippen molar-refractivity contribution in [1.82, 2.24) is 9.78 Å². The van der Waals surface area contributed by atoms with Gasteiger partial charge >= 0.3 is 5.63 Å². The molecule has 0 aliphatic carbocycles. The Bertz CT molecular complexity index is 1360. The van der Waals surface area contributed by atoms with E-state index in [1.54, 1.807) is 55.6 Å². The molecule has 0 spiro atoms. The monoisotopic (exact) mass is 403 g/mol. The molecule has 2 aromatic carbocycles. The van der Waals surface area contributed by atoms with E-state index in [4.69, 9.17) is 9.15 Å². The topological polar surface area (TPSA) is 103 Å². The molecule has 8 nitrogen and oxygen atoms in total. The molecule has 0 fully saturated rings. The summed E-state index contributed by atoms with van der Waals surface area (Å²) in [6, 6.07) is 18.6. The van der Waals surface area contributed by atoms with Crippen LogP contribution in [0, 0.1) is 0 Å². The van der Waals surface area contributed by atoms with Gasteiger partial charge in [-0.2, -0.15) is 5.10 Å². The summed E-state index contributed by atoms with van der Waals surface area (Å²) in [5.41, 5.74) is 0.542. The molecule has 30 heavy (non-hydrogen) atoms. The quantitative estimate of drug-likeness (QED) is 0.514. The van der Waals surface area contributed by atoms with Crippen molar-refractivity contribution in [3.63, 3.8) is 0 Å². The third-order valence-electron chi connectivity index (χ3n) is 4.44. The lowest BCUT2D eigenvalue weighted by Gasteiger charge is -2.09. The number of amides is 1. The van der Waals surface area contributed by atoms with Gasteiger partial charge in [0.2, 0.25) is 5.91 Å². The Balaban J connectivity index is 1.58. The van der Waals surface area contributed by atoms with Crippen molar-refractivity contribution in [3.8, 4) is 17.0 Å². The summed E-state index contributed by atoms with van der Waals surface area (Å²) in [4.78, 5) is 36.7. The summed E-state index contributed by atoms with van der Waals surface area (Å²) in [6.45, 7) is -0.358. The normalized spacial score (nSPS) is 10.7. The Morgan fingerprint density at radius 1 is 1.07 bits per heavy atom. The number of para-hydroxylation sites is 1. The molecule has 0 radical (unpaired) electrons. The van der Waals surface area contributed by atoms with E-state index < -0.39 is 17.1 Å². The Morgan fingerprint density at radius 3 is 2.73 bits per heavy atom. The van der Waals surface area contributed by atoms with Crippen LogP contribution < -0.4 is 21.2 Å². The van der Waals surface area contributed by atoms with Crippen LogP contribution in [0.2, 0.25) is 0 Å². The number of ether oxygens (including phenoxy) is 1. The number of rotatable bonds is 5. The molecule has 0 aliphatic rings. The van der Waals surface area contributed by atoms with Crippen molar-refractivity contribution in [2.45, 2.75) is 6.54 Å². The summed E-state index contributed by atoms with van der Waals surface area (Å²) in [7, 11) is 1.56. The Kier molecular flexibility index (Phi) is 5.13. The highest BCUT2D eigenvalue weighted by atomic mass is 16.5. The van der Waals surface area contributed by atoms with E-state index in [0.29, 0.717) is 22.4 Å². The maximum atomic E-state index is 12.5. The lowest BCUT2D eigenvalue weighted by molar-refractivity contribution is -0.117. The minimum absolute atomic E-state index is 0.00398. The lowest BCUT2D eigenvalue weighted by atomic mass is 10.1. The van der Waals surface area contributed by atoms with Gasteiger partial charge in [-0.25, -0.2) is 9.48 Å². The third kappa shape index (κ3) is 3.97. The van der Waals surface area contributed by atoms with Crippen molar-refractivity contribution < 1.29 is 13.9 Å². The summed E-state index contributed by atoms with van der Waals surface area (Å²) in [6.07, 6.45) is 0. The number of anilines is 1. The molecule has 150 valence electrons. The molecule has 2 aromatic heterocycles. The fourth-order valence-corrected chi connectivity index (χ4v) is 2.97. The maximum Gasteiger partial charge on any atom is 0.360 e. The van der Waals surface area contributed by atoms with Crippen LogP contribution in [-0.4, -0.2) is 22.8 Å². The Labute approximate surface area is 170 Å². The van der Waals surface area contributed by atoms with E-state index in [-0.39, 0.29) is 12.2 Å². The van der Waals surface area contributed by atoms with E-state index in [9.17, 15) is 14.4 Å². The first-order chi connectivity index (χ1) is 14.5. The van der Waals surface area contributed by atoms with Crippen LogP contribution in [0.4, 0.5) is 5.69 Å². The van der Waals surface area contributed by atoms with Crippen LogP contribution in [0.1, 0.15) is 0 Å². The molecule has 4 aromatic rings. The third-order valence-corrected chi connectivity index (χ3v) is 4.44. The van der Waals surface area contributed by atoms with E-state index in [0.717, 1.165) is 10.2 Å². The zero-order valence-electron chi connectivity index (χ0n) is 16.0. The highest BCUT2D eigenvalue weighted by Crippen LogP contribution is 2.21. The second-order valence-corrected chi connectivity index (χ2v) is 6.48. The molecule has 4 rings (SSSR count). The summed E-state index contributed by atoms with van der Waals surface area (Å²) >= 11 is 0. The van der Waals surface area contributed by atoms with Gasteiger partial charge in [0.15, 0.2) is 0 Å². The van der Waals surface area contributed by atoms with Gasteiger partial charge < -0.3 is 14.5 Å². The van der Waals surface area contributed by atoms with Crippen LogP contribution in [-0.2, 0) is 11.3 Å². The molecule has 1 N–H and O–H groups in total. The predicted octanol–water partition coefficient (Wildman–Crippen LogP) is 2.66. The Hall–Kier alpha value is -4.20. The first-order valence-corrected chi connectivity index (χ1v) is 9.09. The number of hydrogen-bond acceptors (Lipinski definition) is 6. The van der Waals surface area contributed by atoms with Gasteiger partial charge in [-0.15, -0.1) is 0 Å². The van der Waals surface area contributed by atoms with Gasteiger partial charge in [0.05, 0.1) is 12.8 Å². The van der Waals surface area contributed by atoms with Gasteiger partial charge in [-0.1, -0.05) is 30.3 Å². The zero-order chi connectivity index (χ0) is 21.1. The fraction of sp³-hybridized carbons (Fsp3) is 0.0909. The van der Waals surface area contributed by atoms with Crippen LogP contribution in [0.25, 0.3) is 22.2 Å². The molecule has 0 atom stereocenters. The van der Waals surface area contributed by atoms with Gasteiger partial charge in [0.25, 0.3) is 5.56 Å². The molecule has 0 saturated carbocycles. The SMILES string of the molecule is COc1cccc(-c2ccc(=O)n(CC(=O)Nc3cc4ccccc4oc3=O)n2)c1. The molecule has 0 aliphatic heterocycles. The molecular formula is C22H17N3O5. The highest BCUT2D eigenvalue weighted by molar-refractivity contribution is 5.92. The number of carbonyl (C=O) groups is 1. The van der Waals surface area contributed by atoms with Crippen molar-refractivity contribution >= 4 is 22.6 Å². The summed E-state index contributed by atoms with van der Waals surface area (Å²) in [5, 5.41) is 7.42. The van der Waals surface area contributed by atoms with Crippen molar-refractivity contribution in [3.05, 3.63) is 87.5 Å². The molecule has 0 unspecified atom stereocenters. The van der Waals surface area contributed by atoms with E-state index in [1.165, 1.54) is 12.1 Å². The van der Waals surface area contributed by atoms with Crippen LogP contribution >= 0.6 is 0 Å². The predicted molar refractivity (Wildman–Crippen MR) is 112 cm³/mol. The van der Waals surface area contributed by atoms with Gasteiger partial charge in [0, 0.05) is 17.0 Å². The van der Waals surface area contributed by atoms with Gasteiger partial charge in [-0.05, 0) is 30.3 Å². The first kappa shape index (κ1) is 19.1. The van der Waals surface area contributed by atoms with E-state index >= 15 is 0 Å². The number of nitrogens with one attached hydrogen (secondary N) is 1.